The zero-order valence-corrected chi connectivity index (χ0v) is 10.3. The highest BCUT2D eigenvalue weighted by Gasteiger charge is 2.31. The van der Waals surface area contributed by atoms with Gasteiger partial charge in [-0.25, -0.2) is 0 Å². The molecule has 2 amide bonds. The lowest BCUT2D eigenvalue weighted by Crippen LogP contribution is -2.38. The van der Waals surface area contributed by atoms with E-state index in [1.807, 2.05) is 0 Å². The molecular formula is C15H11NO3. The number of carbonyl (C=O) groups is 2. The van der Waals surface area contributed by atoms with Crippen LogP contribution in [-0.2, 0) is 4.79 Å². The Bertz CT molecular complexity index is 683. The molecule has 0 atom stereocenters. The average Bonchev–Trinajstić information content (AvgIpc) is 2.94. The number of amides is 2. The molecule has 0 saturated carbocycles. The van der Waals surface area contributed by atoms with Crippen LogP contribution in [0, 0.1) is 0 Å². The molecule has 2 heterocycles. The summed E-state index contributed by atoms with van der Waals surface area (Å²) < 4.78 is 5.23. The molecule has 0 unspecified atom stereocenters. The number of likely N-dealkylation sites (N-methyl/N-ethyl adjacent to an activating group) is 1. The number of imide groups is 1. The highest BCUT2D eigenvalue weighted by molar-refractivity contribution is 6.33. The van der Waals surface area contributed by atoms with E-state index >= 15 is 0 Å². The van der Waals surface area contributed by atoms with Crippen LogP contribution in [-0.4, -0.2) is 23.8 Å². The van der Waals surface area contributed by atoms with Crippen LogP contribution in [0.1, 0.15) is 21.7 Å². The fourth-order valence-corrected chi connectivity index (χ4v) is 2.13. The Morgan fingerprint density at radius 1 is 1.00 bits per heavy atom. The monoisotopic (exact) mass is 253 g/mol. The first-order valence-electron chi connectivity index (χ1n) is 5.85. The minimum absolute atomic E-state index is 0.280. The summed E-state index contributed by atoms with van der Waals surface area (Å²) in [5.41, 5.74) is 1.64. The maximum atomic E-state index is 12.2. The van der Waals surface area contributed by atoms with Gasteiger partial charge in [-0.2, -0.15) is 0 Å². The zero-order valence-electron chi connectivity index (χ0n) is 10.3. The van der Waals surface area contributed by atoms with E-state index in [4.69, 9.17) is 4.42 Å². The molecule has 0 bridgehead atoms. The van der Waals surface area contributed by atoms with Gasteiger partial charge in [0.2, 0.25) is 0 Å². The van der Waals surface area contributed by atoms with Gasteiger partial charge < -0.3 is 4.42 Å². The summed E-state index contributed by atoms with van der Waals surface area (Å²) in [6, 6.07) is 10.6. The quantitative estimate of drug-likeness (QED) is 0.579. The molecule has 1 aromatic carbocycles. The van der Waals surface area contributed by atoms with E-state index in [-0.39, 0.29) is 11.8 Å². The van der Waals surface area contributed by atoms with Crippen LogP contribution < -0.4 is 0 Å². The lowest BCUT2D eigenvalue weighted by Gasteiger charge is -2.25. The molecule has 0 saturated heterocycles. The van der Waals surface area contributed by atoms with E-state index in [1.165, 1.54) is 7.05 Å². The maximum Gasteiger partial charge on any atom is 0.261 e. The summed E-state index contributed by atoms with van der Waals surface area (Å²) in [6.07, 6.45) is 3.20. The zero-order chi connectivity index (χ0) is 13.4. The van der Waals surface area contributed by atoms with Gasteiger partial charge in [0.25, 0.3) is 11.8 Å². The SMILES string of the molecule is CN1C(=O)/C(=C\c2ccco2)c2ccccc2C1=O. The molecular weight excluding hydrogens is 242 g/mol. The lowest BCUT2D eigenvalue weighted by molar-refractivity contribution is -0.121. The predicted molar refractivity (Wildman–Crippen MR) is 70.1 cm³/mol. The molecule has 1 aromatic heterocycles. The van der Waals surface area contributed by atoms with Crippen LogP contribution in [0.4, 0.5) is 0 Å². The second-order valence-electron chi connectivity index (χ2n) is 4.29. The first kappa shape index (κ1) is 11.5. The van der Waals surface area contributed by atoms with Crippen molar-refractivity contribution in [1.82, 2.24) is 4.90 Å². The summed E-state index contributed by atoms with van der Waals surface area (Å²) in [5.74, 6) is -0.0156. The standard InChI is InChI=1S/C15H11NO3/c1-16-14(17)12-7-3-2-6-11(12)13(15(16)18)9-10-5-4-8-19-10/h2-9H,1H3/b13-9-. The molecule has 19 heavy (non-hydrogen) atoms. The number of furan rings is 1. The van der Waals surface area contributed by atoms with Crippen molar-refractivity contribution in [2.45, 2.75) is 0 Å². The van der Waals surface area contributed by atoms with Crippen molar-refractivity contribution in [2.24, 2.45) is 0 Å². The number of fused-ring (bicyclic) bond motifs is 1. The van der Waals surface area contributed by atoms with Gasteiger partial charge in [-0.3, -0.25) is 14.5 Å². The molecule has 1 aliphatic rings. The number of benzene rings is 1. The van der Waals surface area contributed by atoms with Gasteiger partial charge in [-0.05, 0) is 24.3 Å². The maximum absolute atomic E-state index is 12.2. The van der Waals surface area contributed by atoms with Crippen molar-refractivity contribution in [3.63, 3.8) is 0 Å². The molecule has 0 aliphatic carbocycles. The molecule has 0 N–H and O–H groups in total. The number of hydrogen-bond donors (Lipinski definition) is 0. The Morgan fingerprint density at radius 3 is 2.42 bits per heavy atom. The van der Waals surface area contributed by atoms with Crippen LogP contribution in [0.5, 0.6) is 0 Å². The summed E-state index contributed by atoms with van der Waals surface area (Å²) in [6.45, 7) is 0. The summed E-state index contributed by atoms with van der Waals surface area (Å²) in [5, 5.41) is 0. The Kier molecular flexibility index (Phi) is 2.56. The number of hydrogen-bond acceptors (Lipinski definition) is 3. The third-order valence-corrected chi connectivity index (χ3v) is 3.12. The molecule has 0 radical (unpaired) electrons. The average molecular weight is 253 g/mol. The fourth-order valence-electron chi connectivity index (χ4n) is 2.13. The largest absolute Gasteiger partial charge is 0.465 e. The van der Waals surface area contributed by atoms with Gasteiger partial charge in [0, 0.05) is 18.2 Å². The van der Waals surface area contributed by atoms with Crippen LogP contribution in [0.2, 0.25) is 0 Å². The Hall–Kier alpha value is -2.62. The minimum Gasteiger partial charge on any atom is -0.465 e. The number of carbonyl (C=O) groups excluding carboxylic acids is 2. The van der Waals surface area contributed by atoms with Gasteiger partial charge in [-0.1, -0.05) is 18.2 Å². The minimum atomic E-state index is -0.319. The van der Waals surface area contributed by atoms with E-state index in [1.54, 1.807) is 48.7 Å². The predicted octanol–water partition coefficient (Wildman–Crippen LogP) is 2.43. The van der Waals surface area contributed by atoms with E-state index in [9.17, 15) is 9.59 Å². The van der Waals surface area contributed by atoms with Crippen molar-refractivity contribution in [1.29, 1.82) is 0 Å². The Balaban J connectivity index is 2.21. The van der Waals surface area contributed by atoms with Crippen molar-refractivity contribution in [3.05, 3.63) is 59.5 Å². The van der Waals surface area contributed by atoms with Gasteiger partial charge in [-0.15, -0.1) is 0 Å². The highest BCUT2D eigenvalue weighted by atomic mass is 16.3. The van der Waals surface area contributed by atoms with Crippen LogP contribution in [0.3, 0.4) is 0 Å². The fraction of sp³-hybridized carbons (Fsp3) is 0.0667. The van der Waals surface area contributed by atoms with Gasteiger partial charge in [0.15, 0.2) is 0 Å². The molecule has 3 rings (SSSR count). The molecule has 0 spiro atoms. The first-order valence-corrected chi connectivity index (χ1v) is 5.85. The molecule has 94 valence electrons. The molecule has 4 heteroatoms. The van der Waals surface area contributed by atoms with Crippen molar-refractivity contribution in [3.8, 4) is 0 Å². The molecule has 4 nitrogen and oxygen atoms in total. The highest BCUT2D eigenvalue weighted by Crippen LogP contribution is 2.29. The third-order valence-electron chi connectivity index (χ3n) is 3.12. The molecule has 0 fully saturated rings. The van der Waals surface area contributed by atoms with Gasteiger partial charge in [0.05, 0.1) is 11.8 Å². The van der Waals surface area contributed by atoms with Crippen LogP contribution >= 0.6 is 0 Å². The Morgan fingerprint density at radius 2 is 1.74 bits per heavy atom. The van der Waals surface area contributed by atoms with Crippen LogP contribution in [0.15, 0.2) is 47.1 Å². The van der Waals surface area contributed by atoms with Gasteiger partial charge >= 0.3 is 0 Å². The first-order chi connectivity index (χ1) is 9.18. The van der Waals surface area contributed by atoms with Crippen LogP contribution in [0.25, 0.3) is 11.6 Å². The van der Waals surface area contributed by atoms with E-state index in [0.29, 0.717) is 22.5 Å². The van der Waals surface area contributed by atoms with E-state index < -0.39 is 0 Å². The van der Waals surface area contributed by atoms with E-state index in [2.05, 4.69) is 0 Å². The van der Waals surface area contributed by atoms with Crippen molar-refractivity contribution >= 4 is 23.5 Å². The molecule has 1 aliphatic heterocycles. The number of rotatable bonds is 1. The topological polar surface area (TPSA) is 50.5 Å². The molecule has 2 aromatic rings. The second kappa shape index (κ2) is 4.24. The van der Waals surface area contributed by atoms with E-state index in [0.717, 1.165) is 4.90 Å². The van der Waals surface area contributed by atoms with Crippen molar-refractivity contribution in [2.75, 3.05) is 7.05 Å². The smallest absolute Gasteiger partial charge is 0.261 e. The summed E-state index contributed by atoms with van der Waals surface area (Å²) in [7, 11) is 1.48. The number of nitrogens with zero attached hydrogens (tertiary/aromatic N) is 1. The summed E-state index contributed by atoms with van der Waals surface area (Å²) >= 11 is 0. The lowest BCUT2D eigenvalue weighted by atomic mass is 9.93. The normalized spacial score (nSPS) is 16.9. The summed E-state index contributed by atoms with van der Waals surface area (Å²) in [4.78, 5) is 25.4. The Labute approximate surface area is 109 Å². The van der Waals surface area contributed by atoms with Gasteiger partial charge in [0.1, 0.15) is 5.76 Å². The third kappa shape index (κ3) is 1.78. The van der Waals surface area contributed by atoms with Crippen molar-refractivity contribution < 1.29 is 14.0 Å². The second-order valence-corrected chi connectivity index (χ2v) is 4.29.